The number of aryl methyl sites for hydroxylation is 1. The Hall–Kier alpha value is -2.38. The van der Waals surface area contributed by atoms with E-state index in [1.165, 1.54) is 17.5 Å². The molecule has 1 amide bonds. The third-order valence-corrected chi connectivity index (χ3v) is 6.29. The number of benzene rings is 2. The monoisotopic (exact) mass is 376 g/mol. The Labute approximate surface area is 154 Å². The second-order valence-electron chi connectivity index (χ2n) is 5.76. The maximum Gasteiger partial charge on any atom is 0.255 e. The highest BCUT2D eigenvalue weighted by Crippen LogP contribution is 2.24. The van der Waals surface area contributed by atoms with E-state index < -0.39 is 10.0 Å². The molecular formula is C19H24N2O4S. The molecule has 0 aliphatic rings. The van der Waals surface area contributed by atoms with Crippen molar-refractivity contribution in [2.75, 3.05) is 25.5 Å². The summed E-state index contributed by atoms with van der Waals surface area (Å²) < 4.78 is 32.1. The van der Waals surface area contributed by atoms with Crippen molar-refractivity contribution in [2.24, 2.45) is 0 Å². The van der Waals surface area contributed by atoms with Crippen LogP contribution < -0.4 is 10.1 Å². The number of amides is 1. The summed E-state index contributed by atoms with van der Waals surface area (Å²) >= 11 is 0. The number of hydrogen-bond donors (Lipinski definition) is 1. The Morgan fingerprint density at radius 3 is 2.42 bits per heavy atom. The average Bonchev–Trinajstić information content (AvgIpc) is 2.64. The molecule has 0 saturated heterocycles. The molecule has 1 N–H and O–H groups in total. The van der Waals surface area contributed by atoms with Gasteiger partial charge in [0.2, 0.25) is 10.0 Å². The summed E-state index contributed by atoms with van der Waals surface area (Å²) in [7, 11) is -2.07. The van der Waals surface area contributed by atoms with Crippen molar-refractivity contribution in [3.8, 4) is 5.75 Å². The molecule has 0 atom stereocenters. The summed E-state index contributed by atoms with van der Waals surface area (Å²) in [6.45, 7) is 6.11. The summed E-state index contributed by atoms with van der Waals surface area (Å²) in [5, 5.41) is 2.75. The van der Waals surface area contributed by atoms with E-state index in [1.54, 1.807) is 57.2 Å². The van der Waals surface area contributed by atoms with E-state index in [1.807, 2.05) is 0 Å². The number of nitrogens with zero attached hydrogens (tertiary/aromatic N) is 1. The van der Waals surface area contributed by atoms with Crippen molar-refractivity contribution in [2.45, 2.75) is 25.7 Å². The second kappa shape index (κ2) is 8.33. The van der Waals surface area contributed by atoms with Gasteiger partial charge in [0.15, 0.2) is 0 Å². The van der Waals surface area contributed by atoms with Gasteiger partial charge in [-0.05, 0) is 42.8 Å². The topological polar surface area (TPSA) is 75.7 Å². The Morgan fingerprint density at radius 2 is 1.81 bits per heavy atom. The van der Waals surface area contributed by atoms with Crippen LogP contribution in [0.5, 0.6) is 5.75 Å². The van der Waals surface area contributed by atoms with Crippen molar-refractivity contribution in [3.63, 3.8) is 0 Å². The fourth-order valence-corrected chi connectivity index (χ4v) is 4.33. The van der Waals surface area contributed by atoms with Gasteiger partial charge in [-0.2, -0.15) is 4.31 Å². The number of anilines is 1. The smallest absolute Gasteiger partial charge is 0.255 e. The van der Waals surface area contributed by atoms with E-state index in [9.17, 15) is 13.2 Å². The van der Waals surface area contributed by atoms with Gasteiger partial charge in [0.25, 0.3) is 5.91 Å². The molecule has 0 aliphatic heterocycles. The van der Waals surface area contributed by atoms with Gasteiger partial charge < -0.3 is 10.1 Å². The Balaban J connectivity index is 2.33. The molecule has 0 bridgehead atoms. The third-order valence-electron chi connectivity index (χ3n) is 4.10. The molecule has 0 unspecified atom stereocenters. The van der Waals surface area contributed by atoms with Gasteiger partial charge in [0, 0.05) is 24.3 Å². The zero-order chi connectivity index (χ0) is 19.3. The van der Waals surface area contributed by atoms with Gasteiger partial charge in [-0.1, -0.05) is 26.0 Å². The van der Waals surface area contributed by atoms with Crippen LogP contribution in [-0.4, -0.2) is 38.8 Å². The fourth-order valence-electron chi connectivity index (χ4n) is 2.63. The van der Waals surface area contributed by atoms with Gasteiger partial charge in [-0.3, -0.25) is 4.79 Å². The molecule has 2 aromatic carbocycles. The number of nitrogens with one attached hydrogen (secondary N) is 1. The van der Waals surface area contributed by atoms with E-state index in [0.29, 0.717) is 35.7 Å². The molecule has 0 aliphatic carbocycles. The number of hydrogen-bond acceptors (Lipinski definition) is 4. The molecule has 26 heavy (non-hydrogen) atoms. The van der Waals surface area contributed by atoms with E-state index >= 15 is 0 Å². The maximum atomic E-state index is 12.8. The van der Waals surface area contributed by atoms with Crippen LogP contribution in [0.4, 0.5) is 5.69 Å². The van der Waals surface area contributed by atoms with E-state index in [2.05, 4.69) is 5.32 Å². The van der Waals surface area contributed by atoms with Crippen LogP contribution in [0.25, 0.3) is 0 Å². The Bertz CT molecular complexity index is 890. The number of carbonyl (C=O) groups is 1. The summed E-state index contributed by atoms with van der Waals surface area (Å²) in [5.74, 6) is 0.241. The lowest BCUT2D eigenvalue weighted by Crippen LogP contribution is -2.31. The molecule has 2 rings (SSSR count). The summed E-state index contributed by atoms with van der Waals surface area (Å²) in [5.41, 5.74) is 1.49. The first kappa shape index (κ1) is 19.9. The highest BCUT2D eigenvalue weighted by Gasteiger charge is 2.24. The normalized spacial score (nSPS) is 11.4. The number of rotatable bonds is 7. The van der Waals surface area contributed by atoms with E-state index in [4.69, 9.17) is 4.74 Å². The molecule has 0 aromatic heterocycles. The Kier molecular flexibility index (Phi) is 6.39. The van der Waals surface area contributed by atoms with E-state index in [0.717, 1.165) is 0 Å². The SMILES string of the molecule is CCN(CC)S(=O)(=O)c1cc(NC(=O)c2cccc(OC)c2)ccc1C. The standard InChI is InChI=1S/C19H24N2O4S/c1-5-21(6-2)26(23,24)18-13-16(11-10-14(18)3)20-19(22)15-8-7-9-17(12-15)25-4/h7-13H,5-6H2,1-4H3,(H,20,22). The molecule has 7 heteroatoms. The van der Waals surface area contributed by atoms with Crippen LogP contribution >= 0.6 is 0 Å². The maximum absolute atomic E-state index is 12.8. The molecule has 0 radical (unpaired) electrons. The highest BCUT2D eigenvalue weighted by atomic mass is 32.2. The molecule has 0 fully saturated rings. The van der Waals surface area contributed by atoms with E-state index in [-0.39, 0.29) is 10.8 Å². The number of sulfonamides is 1. The highest BCUT2D eigenvalue weighted by molar-refractivity contribution is 7.89. The predicted molar refractivity (Wildman–Crippen MR) is 102 cm³/mol. The Morgan fingerprint density at radius 1 is 1.12 bits per heavy atom. The first-order valence-electron chi connectivity index (χ1n) is 8.39. The largest absolute Gasteiger partial charge is 0.497 e. The quantitative estimate of drug-likeness (QED) is 0.805. The number of carbonyl (C=O) groups excluding carboxylic acids is 1. The second-order valence-corrected chi connectivity index (χ2v) is 7.66. The van der Waals surface area contributed by atoms with Gasteiger partial charge in [-0.15, -0.1) is 0 Å². The average molecular weight is 376 g/mol. The molecule has 2 aromatic rings. The molecule has 0 spiro atoms. The first-order chi connectivity index (χ1) is 12.3. The molecule has 0 heterocycles. The lowest BCUT2D eigenvalue weighted by molar-refractivity contribution is 0.102. The lowest BCUT2D eigenvalue weighted by atomic mass is 10.2. The van der Waals surface area contributed by atoms with Crippen LogP contribution in [0.1, 0.15) is 29.8 Å². The summed E-state index contributed by atoms with van der Waals surface area (Å²) in [6, 6.07) is 11.6. The molecule has 6 nitrogen and oxygen atoms in total. The van der Waals surface area contributed by atoms with Gasteiger partial charge in [-0.25, -0.2) is 8.42 Å². The van der Waals surface area contributed by atoms with Crippen LogP contribution in [0, 0.1) is 6.92 Å². The van der Waals surface area contributed by atoms with Crippen LogP contribution in [0.3, 0.4) is 0 Å². The van der Waals surface area contributed by atoms with Crippen molar-refractivity contribution in [1.29, 1.82) is 0 Å². The lowest BCUT2D eigenvalue weighted by Gasteiger charge is -2.20. The summed E-state index contributed by atoms with van der Waals surface area (Å²) in [4.78, 5) is 12.6. The van der Waals surface area contributed by atoms with Crippen molar-refractivity contribution in [1.82, 2.24) is 4.31 Å². The van der Waals surface area contributed by atoms with Crippen molar-refractivity contribution >= 4 is 21.6 Å². The minimum Gasteiger partial charge on any atom is -0.497 e. The zero-order valence-corrected chi connectivity index (χ0v) is 16.3. The van der Waals surface area contributed by atoms with Crippen LogP contribution in [-0.2, 0) is 10.0 Å². The van der Waals surface area contributed by atoms with Crippen LogP contribution in [0.2, 0.25) is 0 Å². The minimum absolute atomic E-state index is 0.199. The number of ether oxygens (including phenoxy) is 1. The molecule has 0 saturated carbocycles. The fraction of sp³-hybridized carbons (Fsp3) is 0.316. The van der Waals surface area contributed by atoms with Gasteiger partial charge in [0.1, 0.15) is 5.75 Å². The molecule has 140 valence electrons. The molecular weight excluding hydrogens is 352 g/mol. The summed E-state index contributed by atoms with van der Waals surface area (Å²) in [6.07, 6.45) is 0. The predicted octanol–water partition coefficient (Wildman–Crippen LogP) is 3.29. The van der Waals surface area contributed by atoms with Crippen molar-refractivity contribution in [3.05, 3.63) is 53.6 Å². The minimum atomic E-state index is -3.60. The number of methoxy groups -OCH3 is 1. The van der Waals surface area contributed by atoms with Crippen LogP contribution in [0.15, 0.2) is 47.4 Å². The zero-order valence-electron chi connectivity index (χ0n) is 15.4. The van der Waals surface area contributed by atoms with Crippen molar-refractivity contribution < 1.29 is 17.9 Å². The third kappa shape index (κ3) is 4.23. The van der Waals surface area contributed by atoms with Gasteiger partial charge in [0.05, 0.1) is 12.0 Å². The first-order valence-corrected chi connectivity index (χ1v) is 9.83. The van der Waals surface area contributed by atoms with Gasteiger partial charge >= 0.3 is 0 Å².